The predicted molar refractivity (Wildman–Crippen MR) is 80.6 cm³/mol. The normalized spacial score (nSPS) is 11.9. The van der Waals surface area contributed by atoms with Gasteiger partial charge in [-0.15, -0.1) is 4.79 Å². The first-order valence-corrected chi connectivity index (χ1v) is 9.72. The van der Waals surface area contributed by atoms with E-state index in [4.69, 9.17) is 17.1 Å². The van der Waals surface area contributed by atoms with Gasteiger partial charge in [-0.05, 0) is 24.6 Å². The van der Waals surface area contributed by atoms with Gasteiger partial charge in [-0.2, -0.15) is 0 Å². The molecule has 1 rings (SSSR count). The summed E-state index contributed by atoms with van der Waals surface area (Å²) < 4.78 is 47.4. The van der Waals surface area contributed by atoms with Crippen molar-refractivity contribution in [3.05, 3.63) is 34.8 Å². The summed E-state index contributed by atoms with van der Waals surface area (Å²) in [6.45, 7) is 1.89. The third kappa shape index (κ3) is 4.38. The molecule has 0 aromatic heterocycles. The first-order chi connectivity index (χ1) is 9.75. The molecule has 0 spiro atoms. The summed E-state index contributed by atoms with van der Waals surface area (Å²) in [5, 5.41) is 0.136. The highest BCUT2D eigenvalue weighted by atomic mass is 35.5. The Balaban J connectivity index is 3.25. The Morgan fingerprint density at radius 1 is 1.24 bits per heavy atom. The third-order valence-electron chi connectivity index (χ3n) is 2.70. The molecule has 0 saturated carbocycles. The average molecular weight is 351 g/mol. The van der Waals surface area contributed by atoms with E-state index in [1.165, 1.54) is 18.2 Å². The molecule has 9 heteroatoms. The van der Waals surface area contributed by atoms with E-state index in [0.29, 0.717) is 12.8 Å². The van der Waals surface area contributed by atoms with E-state index < -0.39 is 24.1 Å². The lowest BCUT2D eigenvalue weighted by molar-refractivity contribution is 0.00380. The Kier molecular flexibility index (Phi) is 6.10. The van der Waals surface area contributed by atoms with Crippen molar-refractivity contribution in [3.63, 3.8) is 0 Å². The maximum absolute atomic E-state index is 12.3. The van der Waals surface area contributed by atoms with E-state index in [0.717, 1.165) is 12.5 Å². The van der Waals surface area contributed by atoms with Gasteiger partial charge in [0.25, 0.3) is 19.7 Å². The molecule has 21 heavy (non-hydrogen) atoms. The number of unbranched alkanes of at least 4 members (excludes halogenated alkanes) is 2. The van der Waals surface area contributed by atoms with Gasteiger partial charge >= 0.3 is 4.38 Å². The highest BCUT2D eigenvalue weighted by Gasteiger charge is 2.42. The second-order valence-corrected chi connectivity index (χ2v) is 8.94. The lowest BCUT2D eigenvalue weighted by atomic mass is 10.3. The Bertz CT molecular complexity index is 766. The van der Waals surface area contributed by atoms with Gasteiger partial charge in [-0.1, -0.05) is 37.4 Å². The van der Waals surface area contributed by atoms with Crippen LogP contribution in [0.3, 0.4) is 0 Å². The summed E-state index contributed by atoms with van der Waals surface area (Å²) in [6, 6.07) is 5.11. The van der Waals surface area contributed by atoms with Crippen molar-refractivity contribution in [1.82, 2.24) is 0 Å². The molecule has 0 fully saturated rings. The Morgan fingerprint density at radius 2 is 1.90 bits per heavy atom. The zero-order valence-electron chi connectivity index (χ0n) is 11.4. The van der Waals surface area contributed by atoms with Crippen molar-refractivity contribution in [2.24, 2.45) is 0 Å². The summed E-state index contributed by atoms with van der Waals surface area (Å²) in [4.78, 5) is 2.18. The fourth-order valence-corrected chi connectivity index (χ4v) is 5.51. The van der Waals surface area contributed by atoms with Crippen molar-refractivity contribution >= 4 is 35.7 Å². The molecule has 0 aliphatic carbocycles. The molecule has 0 amide bonds. The van der Waals surface area contributed by atoms with Gasteiger partial charge in [0, 0.05) is 5.02 Å². The van der Waals surface area contributed by atoms with Crippen molar-refractivity contribution in [1.29, 1.82) is 0 Å². The first-order valence-electron chi connectivity index (χ1n) is 6.21. The van der Waals surface area contributed by atoms with Crippen LogP contribution in [0, 0.1) is 0 Å². The molecule has 0 aliphatic rings. The second kappa shape index (κ2) is 7.17. The third-order valence-corrected chi connectivity index (χ3v) is 7.21. The standard InChI is InChI=1S/C12H15ClN2O4S2/c1-2-3-4-8-20(16,17)12(15-14)21(18,19)11-7-5-6-10(13)9-11/h5-7,9H,2-4,8H2,1H3. The van der Waals surface area contributed by atoms with Crippen molar-refractivity contribution in [2.45, 2.75) is 31.1 Å². The van der Waals surface area contributed by atoms with Gasteiger partial charge in [-0.25, -0.2) is 16.8 Å². The van der Waals surface area contributed by atoms with Gasteiger partial charge in [0.05, 0.1) is 10.6 Å². The molecule has 0 atom stereocenters. The maximum Gasteiger partial charge on any atom is 0.499 e. The minimum absolute atomic E-state index is 0.136. The zero-order valence-corrected chi connectivity index (χ0v) is 13.7. The molecule has 1 aromatic carbocycles. The summed E-state index contributed by atoms with van der Waals surface area (Å²) in [5.41, 5.74) is 8.88. The van der Waals surface area contributed by atoms with E-state index in [2.05, 4.69) is 4.79 Å². The van der Waals surface area contributed by atoms with E-state index in [1.54, 1.807) is 0 Å². The van der Waals surface area contributed by atoms with Crippen LogP contribution in [0.2, 0.25) is 5.02 Å². The average Bonchev–Trinajstić information content (AvgIpc) is 2.39. The lowest BCUT2D eigenvalue weighted by Crippen LogP contribution is -2.28. The van der Waals surface area contributed by atoms with Crippen LogP contribution in [0.25, 0.3) is 5.53 Å². The number of hydrogen-bond acceptors (Lipinski definition) is 4. The fraction of sp³-hybridized carbons (Fsp3) is 0.417. The molecule has 0 unspecified atom stereocenters. The Labute approximate surface area is 129 Å². The van der Waals surface area contributed by atoms with Gasteiger partial charge in [0.1, 0.15) is 0 Å². The number of nitrogens with zero attached hydrogens (tertiary/aromatic N) is 2. The number of benzene rings is 1. The lowest BCUT2D eigenvalue weighted by Gasteiger charge is -2.02. The van der Waals surface area contributed by atoms with E-state index in [1.807, 2.05) is 6.92 Å². The van der Waals surface area contributed by atoms with E-state index in [9.17, 15) is 16.8 Å². The highest BCUT2D eigenvalue weighted by molar-refractivity contribution is 8.31. The van der Waals surface area contributed by atoms with Crippen LogP contribution < -0.4 is 0 Å². The van der Waals surface area contributed by atoms with Crippen LogP contribution in [0.15, 0.2) is 29.2 Å². The zero-order chi connectivity index (χ0) is 16.1. The summed E-state index contributed by atoms with van der Waals surface area (Å²) in [7, 11) is -8.64. The first kappa shape index (κ1) is 17.8. The van der Waals surface area contributed by atoms with Crippen LogP contribution in [0.1, 0.15) is 26.2 Å². The van der Waals surface area contributed by atoms with E-state index >= 15 is 0 Å². The Morgan fingerprint density at radius 3 is 2.43 bits per heavy atom. The SMILES string of the molecule is CCCCCS(=O)(=O)C(=[N+]=[N-])S(=O)(=O)c1cccc(Cl)c1. The van der Waals surface area contributed by atoms with Gasteiger partial charge in [0.2, 0.25) is 0 Å². The molecule has 1 aromatic rings. The van der Waals surface area contributed by atoms with Crippen LogP contribution in [0.5, 0.6) is 0 Å². The van der Waals surface area contributed by atoms with Crippen molar-refractivity contribution in [3.8, 4) is 0 Å². The molecule has 0 heterocycles. The largest absolute Gasteiger partial charge is 0.499 e. The number of rotatable bonds is 5. The number of hydrogen-bond donors (Lipinski definition) is 0. The van der Waals surface area contributed by atoms with Crippen molar-refractivity contribution in [2.75, 3.05) is 5.75 Å². The summed E-state index contributed by atoms with van der Waals surface area (Å²) in [5.74, 6) is -0.389. The highest BCUT2D eigenvalue weighted by Crippen LogP contribution is 2.19. The molecule has 0 saturated heterocycles. The smallest absolute Gasteiger partial charge is 0.359 e. The molecule has 0 radical (unpaired) electrons. The van der Waals surface area contributed by atoms with Crippen LogP contribution in [0.4, 0.5) is 0 Å². The second-order valence-electron chi connectivity index (χ2n) is 4.35. The quantitative estimate of drug-likeness (QED) is 0.267. The molecule has 6 nitrogen and oxygen atoms in total. The maximum atomic E-state index is 12.3. The molecule has 116 valence electrons. The Hall–Kier alpha value is -1.21. The number of sulfone groups is 2. The van der Waals surface area contributed by atoms with Crippen molar-refractivity contribution < 1.29 is 21.6 Å². The van der Waals surface area contributed by atoms with Gasteiger partial charge in [0.15, 0.2) is 0 Å². The van der Waals surface area contributed by atoms with Gasteiger partial charge in [-0.3, -0.25) is 0 Å². The molecule has 0 N–H and O–H groups in total. The summed E-state index contributed by atoms with van der Waals surface area (Å²) in [6.07, 6.45) is 1.71. The van der Waals surface area contributed by atoms with Crippen LogP contribution in [-0.4, -0.2) is 31.8 Å². The molecule has 0 bridgehead atoms. The van der Waals surface area contributed by atoms with E-state index in [-0.39, 0.29) is 15.7 Å². The molecular formula is C12H15ClN2O4S2. The topological polar surface area (TPSA) is 105 Å². The number of halogens is 1. The molecule has 0 aliphatic heterocycles. The molecular weight excluding hydrogens is 336 g/mol. The summed E-state index contributed by atoms with van der Waals surface area (Å²) >= 11 is 5.70. The minimum Gasteiger partial charge on any atom is -0.359 e. The van der Waals surface area contributed by atoms with Crippen LogP contribution in [-0.2, 0) is 19.7 Å². The fourth-order valence-electron chi connectivity index (χ4n) is 1.65. The predicted octanol–water partition coefficient (Wildman–Crippen LogP) is 2.30. The minimum atomic E-state index is -4.44. The van der Waals surface area contributed by atoms with Crippen LogP contribution >= 0.6 is 11.6 Å². The monoisotopic (exact) mass is 350 g/mol. The van der Waals surface area contributed by atoms with Gasteiger partial charge < -0.3 is 5.53 Å².